The molecule has 1 aliphatic rings. The first-order valence-electron chi connectivity index (χ1n) is 7.35. The SMILES string of the molecule is CCOc1ccc(C(=O)C2CCC(N)C2)cc1OCC. The van der Waals surface area contributed by atoms with Crippen molar-refractivity contribution in [2.45, 2.75) is 39.2 Å². The summed E-state index contributed by atoms with van der Waals surface area (Å²) in [7, 11) is 0. The van der Waals surface area contributed by atoms with Crippen LogP contribution in [0.3, 0.4) is 0 Å². The number of ketones is 1. The number of ether oxygens (including phenoxy) is 2. The lowest BCUT2D eigenvalue weighted by Gasteiger charge is -2.14. The minimum Gasteiger partial charge on any atom is -0.490 e. The average molecular weight is 277 g/mol. The highest BCUT2D eigenvalue weighted by atomic mass is 16.5. The first kappa shape index (κ1) is 14.9. The first-order chi connectivity index (χ1) is 9.65. The van der Waals surface area contributed by atoms with E-state index < -0.39 is 0 Å². The Morgan fingerprint density at radius 1 is 1.20 bits per heavy atom. The molecule has 1 aliphatic carbocycles. The van der Waals surface area contributed by atoms with Gasteiger partial charge in [-0.2, -0.15) is 0 Å². The Bertz CT molecular complexity index is 473. The third kappa shape index (κ3) is 3.31. The van der Waals surface area contributed by atoms with Crippen LogP contribution in [0.5, 0.6) is 11.5 Å². The predicted octanol–water partition coefficient (Wildman–Crippen LogP) is 2.79. The maximum Gasteiger partial charge on any atom is 0.166 e. The number of benzene rings is 1. The van der Waals surface area contributed by atoms with Crippen LogP contribution in [-0.4, -0.2) is 25.0 Å². The molecule has 2 N–H and O–H groups in total. The molecule has 1 fully saturated rings. The first-order valence-corrected chi connectivity index (χ1v) is 7.35. The van der Waals surface area contributed by atoms with Crippen molar-refractivity contribution in [1.82, 2.24) is 0 Å². The third-order valence-corrected chi connectivity index (χ3v) is 3.67. The second-order valence-electron chi connectivity index (χ2n) is 5.16. The van der Waals surface area contributed by atoms with Gasteiger partial charge < -0.3 is 15.2 Å². The quantitative estimate of drug-likeness (QED) is 0.812. The standard InChI is InChI=1S/C16H23NO3/c1-3-19-14-8-6-12(10-15(14)20-4-2)16(18)11-5-7-13(17)9-11/h6,8,10-11,13H,3-5,7,9,17H2,1-2H3. The van der Waals surface area contributed by atoms with E-state index in [1.165, 1.54) is 0 Å². The molecule has 1 saturated carbocycles. The van der Waals surface area contributed by atoms with Crippen LogP contribution in [0.1, 0.15) is 43.5 Å². The number of hydrogen-bond acceptors (Lipinski definition) is 4. The normalized spacial score (nSPS) is 21.8. The van der Waals surface area contributed by atoms with Gasteiger partial charge in [0.15, 0.2) is 17.3 Å². The van der Waals surface area contributed by atoms with E-state index in [0.717, 1.165) is 19.3 Å². The van der Waals surface area contributed by atoms with Gasteiger partial charge in [0, 0.05) is 17.5 Å². The second kappa shape index (κ2) is 6.75. The maximum atomic E-state index is 12.5. The van der Waals surface area contributed by atoms with Crippen molar-refractivity contribution >= 4 is 5.78 Å². The lowest BCUT2D eigenvalue weighted by atomic mass is 9.96. The summed E-state index contributed by atoms with van der Waals surface area (Å²) in [5, 5.41) is 0. The number of Topliss-reactive ketones (excluding diaryl/α,β-unsaturated/α-hetero) is 1. The summed E-state index contributed by atoms with van der Waals surface area (Å²) in [5.74, 6) is 1.55. The zero-order chi connectivity index (χ0) is 14.5. The Morgan fingerprint density at radius 2 is 1.90 bits per heavy atom. The molecule has 0 radical (unpaired) electrons. The topological polar surface area (TPSA) is 61.5 Å². The Balaban J connectivity index is 2.19. The van der Waals surface area contributed by atoms with Gasteiger partial charge in [-0.3, -0.25) is 4.79 Å². The lowest BCUT2D eigenvalue weighted by Crippen LogP contribution is -2.18. The van der Waals surface area contributed by atoms with Crippen molar-refractivity contribution in [3.63, 3.8) is 0 Å². The Labute approximate surface area is 120 Å². The van der Waals surface area contributed by atoms with Gasteiger partial charge in [0.05, 0.1) is 13.2 Å². The van der Waals surface area contributed by atoms with Gasteiger partial charge in [-0.15, -0.1) is 0 Å². The molecule has 2 rings (SSSR count). The van der Waals surface area contributed by atoms with Gasteiger partial charge in [-0.25, -0.2) is 0 Å². The molecular formula is C16H23NO3. The van der Waals surface area contributed by atoms with E-state index in [9.17, 15) is 4.79 Å². The molecule has 0 bridgehead atoms. The average Bonchev–Trinajstić information content (AvgIpc) is 2.87. The molecule has 0 heterocycles. The number of rotatable bonds is 6. The maximum absolute atomic E-state index is 12.5. The van der Waals surface area contributed by atoms with Crippen molar-refractivity contribution in [1.29, 1.82) is 0 Å². The predicted molar refractivity (Wildman–Crippen MR) is 78.4 cm³/mol. The van der Waals surface area contributed by atoms with Crippen LogP contribution in [-0.2, 0) is 0 Å². The fourth-order valence-electron chi connectivity index (χ4n) is 2.69. The van der Waals surface area contributed by atoms with Gasteiger partial charge in [0.2, 0.25) is 0 Å². The molecule has 0 aliphatic heterocycles. The van der Waals surface area contributed by atoms with E-state index >= 15 is 0 Å². The van der Waals surface area contributed by atoms with Gasteiger partial charge in [-0.05, 0) is 51.3 Å². The minimum atomic E-state index is 0.0532. The van der Waals surface area contributed by atoms with E-state index in [-0.39, 0.29) is 17.7 Å². The molecule has 0 spiro atoms. The summed E-state index contributed by atoms with van der Waals surface area (Å²) < 4.78 is 11.1. The number of nitrogens with two attached hydrogens (primary N) is 1. The third-order valence-electron chi connectivity index (χ3n) is 3.67. The second-order valence-corrected chi connectivity index (χ2v) is 5.16. The van der Waals surface area contributed by atoms with Crippen LogP contribution >= 0.6 is 0 Å². The highest BCUT2D eigenvalue weighted by Gasteiger charge is 2.28. The Kier molecular flexibility index (Phi) is 5.01. The van der Waals surface area contributed by atoms with Crippen LogP contribution in [0.25, 0.3) is 0 Å². The van der Waals surface area contributed by atoms with Crippen LogP contribution in [0.4, 0.5) is 0 Å². The van der Waals surface area contributed by atoms with Gasteiger partial charge in [0.25, 0.3) is 0 Å². The molecule has 1 aromatic rings. The highest BCUT2D eigenvalue weighted by Crippen LogP contribution is 2.32. The van der Waals surface area contributed by atoms with E-state index in [1.54, 1.807) is 6.07 Å². The van der Waals surface area contributed by atoms with Crippen molar-refractivity contribution in [3.05, 3.63) is 23.8 Å². The van der Waals surface area contributed by atoms with Gasteiger partial charge >= 0.3 is 0 Å². The molecule has 0 aromatic heterocycles. The Morgan fingerprint density at radius 3 is 2.50 bits per heavy atom. The number of carbonyl (C=O) groups excluding carboxylic acids is 1. The molecule has 0 saturated heterocycles. The summed E-state index contributed by atoms with van der Waals surface area (Å²) in [6.45, 7) is 4.96. The van der Waals surface area contributed by atoms with Crippen LogP contribution < -0.4 is 15.2 Å². The van der Waals surface area contributed by atoms with E-state index in [1.807, 2.05) is 26.0 Å². The summed E-state index contributed by atoms with van der Waals surface area (Å²) in [4.78, 5) is 12.5. The minimum absolute atomic E-state index is 0.0532. The highest BCUT2D eigenvalue weighted by molar-refractivity contribution is 5.98. The van der Waals surface area contributed by atoms with Crippen molar-refractivity contribution in [2.75, 3.05) is 13.2 Å². The van der Waals surface area contributed by atoms with Crippen molar-refractivity contribution < 1.29 is 14.3 Å². The van der Waals surface area contributed by atoms with E-state index in [4.69, 9.17) is 15.2 Å². The zero-order valence-electron chi connectivity index (χ0n) is 12.2. The van der Waals surface area contributed by atoms with Gasteiger partial charge in [-0.1, -0.05) is 0 Å². The Hall–Kier alpha value is -1.55. The van der Waals surface area contributed by atoms with Crippen LogP contribution in [0.2, 0.25) is 0 Å². The summed E-state index contributed by atoms with van der Waals surface area (Å²) in [5.41, 5.74) is 6.58. The molecule has 110 valence electrons. The lowest BCUT2D eigenvalue weighted by molar-refractivity contribution is 0.0921. The van der Waals surface area contributed by atoms with Gasteiger partial charge in [0.1, 0.15) is 0 Å². The largest absolute Gasteiger partial charge is 0.490 e. The molecule has 2 atom stereocenters. The summed E-state index contributed by atoms with van der Waals surface area (Å²) >= 11 is 0. The smallest absolute Gasteiger partial charge is 0.166 e. The zero-order valence-corrected chi connectivity index (χ0v) is 12.2. The van der Waals surface area contributed by atoms with Crippen LogP contribution in [0.15, 0.2) is 18.2 Å². The van der Waals surface area contributed by atoms with E-state index in [0.29, 0.717) is 30.3 Å². The molecule has 1 aromatic carbocycles. The molecule has 2 unspecified atom stereocenters. The molecule has 0 amide bonds. The van der Waals surface area contributed by atoms with E-state index in [2.05, 4.69) is 0 Å². The molecular weight excluding hydrogens is 254 g/mol. The molecule has 4 heteroatoms. The fourth-order valence-corrected chi connectivity index (χ4v) is 2.69. The molecule has 4 nitrogen and oxygen atoms in total. The summed E-state index contributed by atoms with van der Waals surface area (Å²) in [6, 6.07) is 5.59. The van der Waals surface area contributed by atoms with Crippen molar-refractivity contribution in [3.8, 4) is 11.5 Å². The van der Waals surface area contributed by atoms with Crippen molar-refractivity contribution in [2.24, 2.45) is 11.7 Å². The number of hydrogen-bond donors (Lipinski definition) is 1. The monoisotopic (exact) mass is 277 g/mol. The number of carbonyl (C=O) groups is 1. The summed E-state index contributed by atoms with van der Waals surface area (Å²) in [6.07, 6.45) is 2.61. The van der Waals surface area contributed by atoms with Crippen LogP contribution in [0, 0.1) is 5.92 Å². The molecule has 20 heavy (non-hydrogen) atoms. The fraction of sp³-hybridized carbons (Fsp3) is 0.562.